The maximum Gasteiger partial charge on any atom is 0.416 e. The number of carbonyl (C=O) groups is 1. The van der Waals surface area contributed by atoms with Gasteiger partial charge in [0.1, 0.15) is 5.65 Å². The van der Waals surface area contributed by atoms with Crippen LogP contribution in [0.4, 0.5) is 13.2 Å². The molecule has 4 aromatic rings. The third-order valence-corrected chi connectivity index (χ3v) is 5.38. The van der Waals surface area contributed by atoms with Gasteiger partial charge >= 0.3 is 6.18 Å². The maximum absolute atomic E-state index is 12.9. The van der Waals surface area contributed by atoms with Crippen molar-refractivity contribution >= 4 is 16.9 Å². The van der Waals surface area contributed by atoms with Crippen molar-refractivity contribution in [1.29, 1.82) is 0 Å². The summed E-state index contributed by atoms with van der Waals surface area (Å²) in [6, 6.07) is 16.8. The van der Waals surface area contributed by atoms with Crippen LogP contribution in [0.1, 0.15) is 40.0 Å². The second-order valence-electron chi connectivity index (χ2n) is 7.76. The Bertz CT molecular complexity index is 1380. The van der Waals surface area contributed by atoms with E-state index in [9.17, 15) is 22.8 Å². The summed E-state index contributed by atoms with van der Waals surface area (Å²) in [5.74, 6) is -0.328. The van der Waals surface area contributed by atoms with E-state index in [2.05, 4.69) is 10.3 Å². The van der Waals surface area contributed by atoms with Gasteiger partial charge in [-0.15, -0.1) is 0 Å². The minimum atomic E-state index is -4.48. The molecule has 2 aromatic heterocycles. The molecule has 8 heteroatoms. The summed E-state index contributed by atoms with van der Waals surface area (Å²) in [4.78, 5) is 29.9. The lowest BCUT2D eigenvalue weighted by Crippen LogP contribution is -2.27. The lowest BCUT2D eigenvalue weighted by molar-refractivity contribution is -0.137. The average molecular weight is 451 g/mol. The molecule has 2 heterocycles. The molecule has 0 bridgehead atoms. The Balaban J connectivity index is 1.71. The molecular weight excluding hydrogens is 431 g/mol. The number of aryl methyl sites for hydroxylation is 1. The number of hydrogen-bond donors (Lipinski definition) is 1. The SMILES string of the molecule is Cc1cc2cc(C(=O)N[C@@H](C)c3ccccc3)cnc2n(-c2ccc(C(F)(F)F)cc2)c1=O. The molecular formula is C25H20F3N3O2. The second-order valence-corrected chi connectivity index (χ2v) is 7.76. The average Bonchev–Trinajstić information content (AvgIpc) is 2.79. The molecule has 0 saturated heterocycles. The highest BCUT2D eigenvalue weighted by atomic mass is 19.4. The number of rotatable bonds is 4. The lowest BCUT2D eigenvalue weighted by Gasteiger charge is -2.15. The predicted octanol–water partition coefficient (Wildman–Crippen LogP) is 5.20. The first-order valence-corrected chi connectivity index (χ1v) is 10.2. The number of hydrogen-bond acceptors (Lipinski definition) is 3. The Labute approximate surface area is 187 Å². The number of halogens is 3. The Morgan fingerprint density at radius 3 is 2.33 bits per heavy atom. The van der Waals surface area contributed by atoms with Gasteiger partial charge in [-0.05, 0) is 55.8 Å². The lowest BCUT2D eigenvalue weighted by atomic mass is 10.1. The van der Waals surface area contributed by atoms with Gasteiger partial charge in [-0.3, -0.25) is 14.2 Å². The first-order chi connectivity index (χ1) is 15.6. The second kappa shape index (κ2) is 8.54. The highest BCUT2D eigenvalue weighted by Crippen LogP contribution is 2.30. The minimum absolute atomic E-state index is 0.225. The van der Waals surface area contributed by atoms with Crippen molar-refractivity contribution in [3.8, 4) is 5.69 Å². The smallest absolute Gasteiger partial charge is 0.345 e. The number of amides is 1. The van der Waals surface area contributed by atoms with E-state index < -0.39 is 17.3 Å². The Hall–Kier alpha value is -3.94. The van der Waals surface area contributed by atoms with E-state index in [1.54, 1.807) is 19.1 Å². The van der Waals surface area contributed by atoms with Crippen LogP contribution in [0.2, 0.25) is 0 Å². The zero-order valence-electron chi connectivity index (χ0n) is 17.9. The van der Waals surface area contributed by atoms with Crippen molar-refractivity contribution in [1.82, 2.24) is 14.9 Å². The van der Waals surface area contributed by atoms with E-state index in [-0.39, 0.29) is 23.3 Å². The summed E-state index contributed by atoms with van der Waals surface area (Å²) < 4.78 is 40.0. The van der Waals surface area contributed by atoms with Crippen LogP contribution in [0.3, 0.4) is 0 Å². The van der Waals surface area contributed by atoms with Gasteiger partial charge in [0.05, 0.1) is 22.9 Å². The molecule has 0 unspecified atom stereocenters. The van der Waals surface area contributed by atoms with Crippen molar-refractivity contribution in [3.63, 3.8) is 0 Å². The predicted molar refractivity (Wildman–Crippen MR) is 119 cm³/mol. The minimum Gasteiger partial charge on any atom is -0.345 e. The Kier molecular flexibility index (Phi) is 5.76. The number of alkyl halides is 3. The molecule has 1 amide bonds. The van der Waals surface area contributed by atoms with Crippen LogP contribution < -0.4 is 10.9 Å². The molecule has 0 aliphatic rings. The van der Waals surface area contributed by atoms with E-state index in [1.165, 1.54) is 22.9 Å². The topological polar surface area (TPSA) is 64.0 Å². The van der Waals surface area contributed by atoms with Gasteiger partial charge < -0.3 is 5.32 Å². The van der Waals surface area contributed by atoms with Crippen molar-refractivity contribution < 1.29 is 18.0 Å². The van der Waals surface area contributed by atoms with Crippen molar-refractivity contribution in [2.45, 2.75) is 26.1 Å². The maximum atomic E-state index is 12.9. The molecule has 33 heavy (non-hydrogen) atoms. The fraction of sp³-hybridized carbons (Fsp3) is 0.160. The van der Waals surface area contributed by atoms with E-state index >= 15 is 0 Å². The summed E-state index contributed by atoms with van der Waals surface area (Å²) in [5, 5.41) is 3.44. The number of nitrogens with one attached hydrogen (secondary N) is 1. The van der Waals surface area contributed by atoms with Gasteiger partial charge in [0, 0.05) is 17.1 Å². The number of nitrogens with zero attached hydrogens (tertiary/aromatic N) is 2. The zero-order chi connectivity index (χ0) is 23.8. The van der Waals surface area contributed by atoms with Gasteiger partial charge in [-0.25, -0.2) is 4.98 Å². The summed E-state index contributed by atoms with van der Waals surface area (Å²) in [5.41, 5.74) is 0.927. The highest BCUT2D eigenvalue weighted by Gasteiger charge is 2.30. The van der Waals surface area contributed by atoms with Gasteiger partial charge in [-0.1, -0.05) is 30.3 Å². The Morgan fingerprint density at radius 2 is 1.70 bits per heavy atom. The third kappa shape index (κ3) is 4.50. The molecule has 1 N–H and O–H groups in total. The van der Waals surface area contributed by atoms with Crippen LogP contribution in [-0.4, -0.2) is 15.5 Å². The van der Waals surface area contributed by atoms with Gasteiger partial charge in [0.15, 0.2) is 0 Å². The van der Waals surface area contributed by atoms with Crippen LogP contribution in [0.15, 0.2) is 77.7 Å². The van der Waals surface area contributed by atoms with Crippen LogP contribution in [0.25, 0.3) is 16.7 Å². The van der Waals surface area contributed by atoms with E-state index in [1.807, 2.05) is 37.3 Å². The van der Waals surface area contributed by atoms with Gasteiger partial charge in [0.2, 0.25) is 0 Å². The molecule has 168 valence electrons. The normalized spacial score (nSPS) is 12.5. The molecule has 0 saturated carbocycles. The largest absolute Gasteiger partial charge is 0.416 e. The number of benzene rings is 2. The van der Waals surface area contributed by atoms with Crippen molar-refractivity contribution in [2.75, 3.05) is 0 Å². The summed E-state index contributed by atoms with van der Waals surface area (Å²) in [6.07, 6.45) is -3.12. The van der Waals surface area contributed by atoms with Crippen LogP contribution in [0, 0.1) is 6.92 Å². The van der Waals surface area contributed by atoms with Crippen LogP contribution >= 0.6 is 0 Å². The summed E-state index contributed by atoms with van der Waals surface area (Å²) >= 11 is 0. The molecule has 2 aromatic carbocycles. The number of pyridine rings is 2. The Morgan fingerprint density at radius 1 is 1.03 bits per heavy atom. The van der Waals surface area contributed by atoms with E-state index in [4.69, 9.17) is 0 Å². The monoisotopic (exact) mass is 451 g/mol. The van der Waals surface area contributed by atoms with Crippen LogP contribution in [-0.2, 0) is 6.18 Å². The van der Waals surface area contributed by atoms with E-state index in [0.717, 1.165) is 17.7 Å². The summed E-state index contributed by atoms with van der Waals surface area (Å²) in [7, 11) is 0. The standard InChI is InChI=1S/C25H20F3N3O2/c1-15-12-18-13-19(23(32)30-16(2)17-6-4-3-5-7-17)14-29-22(18)31(24(15)33)21-10-8-20(9-11-21)25(26,27)28/h3-14,16H,1-2H3,(H,30,32)/t16-/m0/s1. The molecule has 0 spiro atoms. The van der Waals surface area contributed by atoms with E-state index in [0.29, 0.717) is 16.5 Å². The molecule has 0 aliphatic carbocycles. The summed E-state index contributed by atoms with van der Waals surface area (Å²) in [6.45, 7) is 3.47. The molecule has 0 fully saturated rings. The molecule has 0 aliphatic heterocycles. The molecule has 5 nitrogen and oxygen atoms in total. The molecule has 1 atom stereocenters. The first kappa shape index (κ1) is 22.3. The molecule has 4 rings (SSSR count). The highest BCUT2D eigenvalue weighted by molar-refractivity contribution is 5.97. The third-order valence-electron chi connectivity index (χ3n) is 5.38. The van der Waals surface area contributed by atoms with Crippen molar-refractivity contribution in [2.24, 2.45) is 0 Å². The van der Waals surface area contributed by atoms with Crippen LogP contribution in [0.5, 0.6) is 0 Å². The number of aromatic nitrogens is 2. The van der Waals surface area contributed by atoms with Gasteiger partial charge in [-0.2, -0.15) is 13.2 Å². The quantitative estimate of drug-likeness (QED) is 0.464. The molecule has 0 radical (unpaired) electrons. The first-order valence-electron chi connectivity index (χ1n) is 10.2. The fourth-order valence-corrected chi connectivity index (χ4v) is 3.60. The number of fused-ring (bicyclic) bond motifs is 1. The number of carbonyl (C=O) groups excluding carboxylic acids is 1. The van der Waals surface area contributed by atoms with Crippen molar-refractivity contribution in [3.05, 3.63) is 106 Å². The zero-order valence-corrected chi connectivity index (χ0v) is 17.9. The van der Waals surface area contributed by atoms with Gasteiger partial charge in [0.25, 0.3) is 11.5 Å². The fourth-order valence-electron chi connectivity index (χ4n) is 3.60.